The number of rotatable bonds is 2. The molecule has 6 heteroatoms. The molecule has 0 aromatic carbocycles. The minimum Gasteiger partial charge on any atom is -0.393 e. The van der Waals surface area contributed by atoms with Gasteiger partial charge in [-0.15, -0.1) is 0 Å². The number of thiocarbonyl (C=S) groups is 1. The number of hydrogen-bond donors (Lipinski definition) is 0. The van der Waals surface area contributed by atoms with Crippen LogP contribution in [0.1, 0.15) is 66.2 Å². The molecule has 1 spiro atoms. The van der Waals surface area contributed by atoms with Crippen LogP contribution in [-0.4, -0.2) is 23.0 Å². The second-order valence-corrected chi connectivity index (χ2v) is 11.6. The van der Waals surface area contributed by atoms with E-state index in [0.29, 0.717) is 5.92 Å². The Kier molecular flexibility index (Phi) is 4.57. The molecule has 5 nitrogen and oxygen atoms in total. The van der Waals surface area contributed by atoms with E-state index in [1.54, 1.807) is 0 Å². The van der Waals surface area contributed by atoms with Crippen molar-refractivity contribution in [2.75, 3.05) is 0 Å². The summed E-state index contributed by atoms with van der Waals surface area (Å²) >= 11 is 4.75. The van der Waals surface area contributed by atoms with E-state index in [4.69, 9.17) is 17.0 Å². The highest BCUT2D eigenvalue weighted by Crippen LogP contribution is 2.75. The van der Waals surface area contributed by atoms with Gasteiger partial charge < -0.3 is 4.74 Å². The van der Waals surface area contributed by atoms with Gasteiger partial charge in [0.1, 0.15) is 0 Å². The third-order valence-electron chi connectivity index (χ3n) is 10.0. The number of carbonyl (C=O) groups excluding carboxylic acids is 3. The van der Waals surface area contributed by atoms with Crippen LogP contribution in [0, 0.1) is 51.8 Å². The number of nitrogens with zero attached hydrogens (tertiary/aromatic N) is 1. The predicted molar refractivity (Wildman–Crippen MR) is 118 cm³/mol. The number of cyclic esters (lactones) is 2. The van der Waals surface area contributed by atoms with Gasteiger partial charge in [-0.1, -0.05) is 45.8 Å². The maximum atomic E-state index is 13.1. The summed E-state index contributed by atoms with van der Waals surface area (Å²) < 4.78 is 5.24. The van der Waals surface area contributed by atoms with Crippen LogP contribution in [0.5, 0.6) is 0 Å². The molecule has 0 aromatic heterocycles. The number of esters is 2. The predicted octanol–water partition coefficient (Wildman–Crippen LogP) is 4.76. The van der Waals surface area contributed by atoms with E-state index in [2.05, 4.69) is 43.9 Å². The van der Waals surface area contributed by atoms with E-state index in [1.807, 2.05) is 0 Å². The lowest BCUT2D eigenvalue weighted by molar-refractivity contribution is -0.189. The monoisotopic (exact) mass is 441 g/mol. The fourth-order valence-electron chi connectivity index (χ4n) is 9.10. The minimum absolute atomic E-state index is 0.0479. The third kappa shape index (κ3) is 2.47. The summed E-state index contributed by atoms with van der Waals surface area (Å²) in [7, 11) is 0. The number of allylic oxidation sites excluding steroid dienone is 2. The summed E-state index contributed by atoms with van der Waals surface area (Å²) in [6.07, 6.45) is 7.69. The van der Waals surface area contributed by atoms with E-state index in [0.717, 1.165) is 38.5 Å². The first-order valence-electron chi connectivity index (χ1n) is 11.7. The van der Waals surface area contributed by atoms with Gasteiger partial charge in [0, 0.05) is 5.41 Å². The first kappa shape index (κ1) is 21.2. The average Bonchev–Trinajstić information content (AvgIpc) is 3.03. The highest BCUT2D eigenvalue weighted by atomic mass is 32.1. The van der Waals surface area contributed by atoms with Gasteiger partial charge in [-0.2, -0.15) is 4.99 Å². The largest absolute Gasteiger partial charge is 0.393 e. The highest BCUT2D eigenvalue weighted by Gasteiger charge is 2.73. The Balaban J connectivity index is 1.66. The Hall–Kier alpha value is -1.65. The summed E-state index contributed by atoms with van der Waals surface area (Å²) in [5.74, 6) is -0.700. The maximum Gasteiger partial charge on any atom is 0.318 e. The summed E-state index contributed by atoms with van der Waals surface area (Å²) in [5, 5.41) is 2.29. The second-order valence-electron chi connectivity index (χ2n) is 11.4. The lowest BCUT2D eigenvalue weighted by Gasteiger charge is -2.69. The smallest absolute Gasteiger partial charge is 0.318 e. The van der Waals surface area contributed by atoms with Gasteiger partial charge in [0.25, 0.3) is 5.91 Å². The standard InChI is InChI=1S/C25H31NO4S/c1-13(2)15-10-14-11-17-23(3)7-5-8-24(4,22(29)26-12-31)16(23)6-9-25(15,17)19-18(14)20(27)30-21(19)28/h10,13-14,16-19H,5-9,11H2,1-4H3. The fraction of sp³-hybridized carbons (Fsp3) is 0.760. The van der Waals surface area contributed by atoms with Gasteiger partial charge in [-0.3, -0.25) is 14.4 Å². The molecule has 1 amide bonds. The Morgan fingerprint density at radius 3 is 2.61 bits per heavy atom. The van der Waals surface area contributed by atoms with Crippen molar-refractivity contribution in [1.29, 1.82) is 0 Å². The Morgan fingerprint density at radius 1 is 1.19 bits per heavy atom. The number of isothiocyanates is 1. The van der Waals surface area contributed by atoms with E-state index < -0.39 is 5.41 Å². The Morgan fingerprint density at radius 2 is 1.94 bits per heavy atom. The Bertz CT molecular complexity index is 965. The summed E-state index contributed by atoms with van der Waals surface area (Å²) in [6, 6.07) is 0. The normalized spacial score (nSPS) is 47.6. The second kappa shape index (κ2) is 6.68. The number of aliphatic imine (C=N–C) groups is 1. The molecule has 1 heterocycles. The number of amides is 1. The molecule has 166 valence electrons. The molecule has 3 saturated carbocycles. The van der Waals surface area contributed by atoms with E-state index >= 15 is 0 Å². The zero-order chi connectivity index (χ0) is 22.3. The Labute approximate surface area is 189 Å². The van der Waals surface area contributed by atoms with E-state index in [-0.39, 0.29) is 58.3 Å². The molecule has 0 N–H and O–H groups in total. The van der Waals surface area contributed by atoms with Crippen LogP contribution in [-0.2, 0) is 19.1 Å². The molecule has 2 bridgehead atoms. The summed E-state index contributed by atoms with van der Waals surface area (Å²) in [5.41, 5.74) is 0.361. The van der Waals surface area contributed by atoms with Crippen LogP contribution in [0.4, 0.5) is 0 Å². The number of ether oxygens (including phenoxy) is 1. The lowest BCUT2D eigenvalue weighted by Crippen LogP contribution is -2.65. The quantitative estimate of drug-likeness (QED) is 0.203. The molecule has 8 unspecified atom stereocenters. The molecule has 31 heavy (non-hydrogen) atoms. The van der Waals surface area contributed by atoms with Crippen molar-refractivity contribution in [2.45, 2.75) is 66.2 Å². The van der Waals surface area contributed by atoms with Gasteiger partial charge in [0.15, 0.2) is 0 Å². The van der Waals surface area contributed by atoms with Gasteiger partial charge in [0.05, 0.1) is 22.4 Å². The fourth-order valence-corrected chi connectivity index (χ4v) is 9.18. The van der Waals surface area contributed by atoms with Crippen LogP contribution in [0.3, 0.4) is 0 Å². The van der Waals surface area contributed by atoms with Gasteiger partial charge >= 0.3 is 11.9 Å². The van der Waals surface area contributed by atoms with E-state index in [9.17, 15) is 14.4 Å². The number of carbonyl (C=O) groups is 3. The molecular formula is C25H31NO4S. The van der Waals surface area contributed by atoms with Gasteiger partial charge in [-0.25, -0.2) is 0 Å². The molecule has 6 aliphatic rings. The van der Waals surface area contributed by atoms with Crippen molar-refractivity contribution in [1.82, 2.24) is 0 Å². The van der Waals surface area contributed by atoms with Crippen molar-refractivity contribution in [3.05, 3.63) is 11.6 Å². The zero-order valence-corrected chi connectivity index (χ0v) is 19.6. The average molecular weight is 442 g/mol. The SMILES string of the molecule is CC(C)C1=CC2CC3C4(C)CCCC(C)(C(=O)N=C=S)C4CCC13C1C(=O)OC(=O)C21. The van der Waals surface area contributed by atoms with Gasteiger partial charge in [0.2, 0.25) is 0 Å². The highest BCUT2D eigenvalue weighted by molar-refractivity contribution is 7.78. The molecule has 6 rings (SSSR count). The van der Waals surface area contributed by atoms with Crippen molar-refractivity contribution in [3.8, 4) is 0 Å². The van der Waals surface area contributed by atoms with E-state index in [1.165, 1.54) is 5.57 Å². The van der Waals surface area contributed by atoms with Crippen LogP contribution < -0.4 is 0 Å². The van der Waals surface area contributed by atoms with Crippen molar-refractivity contribution in [2.24, 2.45) is 56.7 Å². The molecule has 8 atom stereocenters. The summed E-state index contributed by atoms with van der Waals surface area (Å²) in [4.78, 5) is 42.7. The number of hydrogen-bond acceptors (Lipinski definition) is 5. The first-order valence-corrected chi connectivity index (χ1v) is 12.1. The van der Waals surface area contributed by atoms with Crippen molar-refractivity contribution >= 4 is 35.2 Å². The molecular weight excluding hydrogens is 410 g/mol. The molecule has 0 radical (unpaired) electrons. The molecule has 1 aliphatic heterocycles. The maximum absolute atomic E-state index is 13.1. The first-order chi connectivity index (χ1) is 14.6. The number of fused-ring (bicyclic) bond motifs is 1. The van der Waals surface area contributed by atoms with Crippen LogP contribution >= 0.6 is 12.2 Å². The zero-order valence-electron chi connectivity index (χ0n) is 18.8. The van der Waals surface area contributed by atoms with Crippen LogP contribution in [0.2, 0.25) is 0 Å². The lowest BCUT2D eigenvalue weighted by atomic mass is 9.33. The molecule has 5 aliphatic carbocycles. The summed E-state index contributed by atoms with van der Waals surface area (Å²) in [6.45, 7) is 8.80. The topological polar surface area (TPSA) is 72.8 Å². The van der Waals surface area contributed by atoms with Crippen LogP contribution in [0.25, 0.3) is 0 Å². The molecule has 0 aromatic rings. The third-order valence-corrected chi connectivity index (χ3v) is 10.1. The van der Waals surface area contributed by atoms with Crippen molar-refractivity contribution in [3.63, 3.8) is 0 Å². The minimum atomic E-state index is -0.551. The molecule has 4 fully saturated rings. The van der Waals surface area contributed by atoms with Crippen molar-refractivity contribution < 1.29 is 19.1 Å². The molecule has 1 saturated heterocycles. The van der Waals surface area contributed by atoms with Crippen LogP contribution in [0.15, 0.2) is 16.6 Å². The van der Waals surface area contributed by atoms with Gasteiger partial charge in [-0.05, 0) is 73.4 Å².